The van der Waals surface area contributed by atoms with Gasteiger partial charge in [-0.2, -0.15) is 13.2 Å². The van der Waals surface area contributed by atoms with Crippen molar-refractivity contribution in [3.63, 3.8) is 0 Å². The topological polar surface area (TPSA) is 92.7 Å². The minimum absolute atomic E-state index is 0.204. The Balaban J connectivity index is 2.42. The number of halogens is 3. The van der Waals surface area contributed by atoms with E-state index in [1.807, 2.05) is 4.72 Å². The van der Waals surface area contributed by atoms with Crippen LogP contribution in [0.1, 0.15) is 15.9 Å². The highest BCUT2D eigenvalue weighted by Gasteiger charge is 2.32. The number of benzene rings is 2. The molecule has 25 heavy (non-hydrogen) atoms. The van der Waals surface area contributed by atoms with Gasteiger partial charge in [0.2, 0.25) is 0 Å². The van der Waals surface area contributed by atoms with E-state index in [1.165, 1.54) is 31.4 Å². The van der Waals surface area contributed by atoms with Crippen LogP contribution < -0.4 is 9.46 Å². The molecule has 0 aliphatic carbocycles. The molecule has 0 aromatic heterocycles. The van der Waals surface area contributed by atoms with Gasteiger partial charge in [0.15, 0.2) is 0 Å². The van der Waals surface area contributed by atoms with E-state index in [-0.39, 0.29) is 4.90 Å². The molecule has 0 aliphatic rings. The first-order chi connectivity index (χ1) is 11.5. The molecule has 10 heteroatoms. The third-order valence-electron chi connectivity index (χ3n) is 3.19. The van der Waals surface area contributed by atoms with E-state index in [9.17, 15) is 26.4 Å². The van der Waals surface area contributed by atoms with E-state index in [4.69, 9.17) is 9.84 Å². The maximum atomic E-state index is 12.7. The van der Waals surface area contributed by atoms with Gasteiger partial charge in [0.25, 0.3) is 10.0 Å². The Bertz CT molecular complexity index is 892. The van der Waals surface area contributed by atoms with Gasteiger partial charge in [-0.15, -0.1) is 0 Å². The molecule has 0 aliphatic heterocycles. The Morgan fingerprint density at radius 3 is 2.20 bits per heavy atom. The summed E-state index contributed by atoms with van der Waals surface area (Å²) in [6, 6.07) is 6.90. The van der Waals surface area contributed by atoms with E-state index >= 15 is 0 Å². The second-order valence-electron chi connectivity index (χ2n) is 4.84. The number of anilines is 1. The fourth-order valence-electron chi connectivity index (χ4n) is 1.95. The molecule has 2 aromatic rings. The average molecular weight is 375 g/mol. The number of ether oxygens (including phenoxy) is 1. The summed E-state index contributed by atoms with van der Waals surface area (Å²) >= 11 is 0. The average Bonchev–Trinajstić information content (AvgIpc) is 2.53. The number of hydrogen-bond acceptors (Lipinski definition) is 4. The zero-order valence-electron chi connectivity index (χ0n) is 12.7. The fourth-order valence-corrected chi connectivity index (χ4v) is 3.02. The first kappa shape index (κ1) is 18.6. The maximum absolute atomic E-state index is 12.7. The van der Waals surface area contributed by atoms with Gasteiger partial charge in [0, 0.05) is 0 Å². The van der Waals surface area contributed by atoms with Crippen LogP contribution >= 0.6 is 0 Å². The first-order valence-electron chi connectivity index (χ1n) is 6.66. The lowest BCUT2D eigenvalue weighted by atomic mass is 10.1. The number of alkyl halides is 3. The van der Waals surface area contributed by atoms with Crippen LogP contribution in [0.4, 0.5) is 18.9 Å². The van der Waals surface area contributed by atoms with Gasteiger partial charge in [-0.25, -0.2) is 13.2 Å². The monoisotopic (exact) mass is 375 g/mol. The zero-order valence-corrected chi connectivity index (χ0v) is 13.5. The molecule has 2 aromatic carbocycles. The summed E-state index contributed by atoms with van der Waals surface area (Å²) in [6.45, 7) is 0. The molecule has 0 saturated heterocycles. The second-order valence-corrected chi connectivity index (χ2v) is 6.53. The molecule has 0 fully saturated rings. The molecule has 0 heterocycles. The van der Waals surface area contributed by atoms with Crippen LogP contribution in [0.15, 0.2) is 47.4 Å². The predicted molar refractivity (Wildman–Crippen MR) is 82.2 cm³/mol. The number of aromatic carboxylic acids is 1. The molecule has 6 nitrogen and oxygen atoms in total. The van der Waals surface area contributed by atoms with Gasteiger partial charge in [-0.05, 0) is 42.5 Å². The van der Waals surface area contributed by atoms with Crippen molar-refractivity contribution >= 4 is 21.7 Å². The SMILES string of the molecule is COc1ccc(S(=O)(=O)Nc2ccc(C(F)(F)F)cc2C(=O)O)cc1. The molecule has 134 valence electrons. The van der Waals surface area contributed by atoms with Crippen molar-refractivity contribution in [3.8, 4) is 5.75 Å². The van der Waals surface area contributed by atoms with Crippen molar-refractivity contribution in [1.29, 1.82) is 0 Å². The quantitative estimate of drug-likeness (QED) is 0.837. The molecule has 0 amide bonds. The number of methoxy groups -OCH3 is 1. The van der Waals surface area contributed by atoms with Gasteiger partial charge in [0.1, 0.15) is 5.75 Å². The number of carboxylic acids is 1. The Morgan fingerprint density at radius 1 is 1.12 bits per heavy atom. The van der Waals surface area contributed by atoms with E-state index in [0.29, 0.717) is 17.9 Å². The Labute approximate surface area is 140 Å². The van der Waals surface area contributed by atoms with Gasteiger partial charge in [-0.3, -0.25) is 4.72 Å². The predicted octanol–water partition coefficient (Wildman–Crippen LogP) is 3.21. The van der Waals surface area contributed by atoms with Crippen molar-refractivity contribution in [2.24, 2.45) is 0 Å². The summed E-state index contributed by atoms with van der Waals surface area (Å²) in [6.07, 6.45) is -4.75. The zero-order chi connectivity index (χ0) is 18.8. The second kappa shape index (κ2) is 6.63. The number of sulfonamides is 1. The molecule has 2 rings (SSSR count). The molecule has 0 atom stereocenters. The van der Waals surface area contributed by atoms with Crippen LogP contribution in [-0.4, -0.2) is 26.6 Å². The summed E-state index contributed by atoms with van der Waals surface area (Å²) in [5, 5.41) is 9.07. The largest absolute Gasteiger partial charge is 0.497 e. The highest BCUT2D eigenvalue weighted by Crippen LogP contribution is 2.32. The molecule has 0 radical (unpaired) electrons. The van der Waals surface area contributed by atoms with E-state index in [0.717, 1.165) is 6.07 Å². The molecule has 0 saturated carbocycles. The third-order valence-corrected chi connectivity index (χ3v) is 4.57. The van der Waals surface area contributed by atoms with Crippen LogP contribution in [0.3, 0.4) is 0 Å². The smallest absolute Gasteiger partial charge is 0.416 e. The summed E-state index contributed by atoms with van der Waals surface area (Å²) in [7, 11) is -2.80. The standard InChI is InChI=1S/C15H12F3NO5S/c1-24-10-3-5-11(6-4-10)25(22,23)19-13-7-2-9(15(16,17)18)8-12(13)14(20)21/h2-8,19H,1H3,(H,20,21). The number of nitrogens with one attached hydrogen (secondary N) is 1. The Hall–Kier alpha value is -2.75. The van der Waals surface area contributed by atoms with Gasteiger partial charge in [-0.1, -0.05) is 0 Å². The normalized spacial score (nSPS) is 11.8. The third kappa shape index (κ3) is 4.21. The van der Waals surface area contributed by atoms with Gasteiger partial charge >= 0.3 is 12.1 Å². The van der Waals surface area contributed by atoms with Crippen LogP contribution in [0.2, 0.25) is 0 Å². The summed E-state index contributed by atoms with van der Waals surface area (Å²) in [5.74, 6) is -1.29. The fraction of sp³-hybridized carbons (Fsp3) is 0.133. The van der Waals surface area contributed by atoms with Crippen molar-refractivity contribution in [2.45, 2.75) is 11.1 Å². The van der Waals surface area contributed by atoms with Gasteiger partial charge in [0.05, 0.1) is 28.8 Å². The van der Waals surface area contributed by atoms with E-state index in [1.54, 1.807) is 0 Å². The Kier molecular flexibility index (Phi) is 4.93. The number of hydrogen-bond donors (Lipinski definition) is 2. The molecular formula is C15H12F3NO5S. The van der Waals surface area contributed by atoms with Gasteiger partial charge < -0.3 is 9.84 Å². The molecule has 0 bridgehead atoms. The summed E-state index contributed by atoms with van der Waals surface area (Å²) in [4.78, 5) is 11.0. The lowest BCUT2D eigenvalue weighted by Crippen LogP contribution is -2.16. The van der Waals surface area contributed by atoms with Crippen LogP contribution in [0.5, 0.6) is 5.75 Å². The first-order valence-corrected chi connectivity index (χ1v) is 8.14. The van der Waals surface area contributed by atoms with Crippen LogP contribution in [-0.2, 0) is 16.2 Å². The minimum Gasteiger partial charge on any atom is -0.497 e. The Morgan fingerprint density at radius 2 is 1.72 bits per heavy atom. The summed E-state index contributed by atoms with van der Waals surface area (Å²) in [5.41, 5.74) is -2.49. The number of carboxylic acid groups (broad SMARTS) is 1. The lowest BCUT2D eigenvalue weighted by Gasteiger charge is -2.13. The maximum Gasteiger partial charge on any atom is 0.416 e. The molecular weight excluding hydrogens is 363 g/mol. The van der Waals surface area contributed by atoms with Crippen molar-refractivity contribution in [1.82, 2.24) is 0 Å². The minimum atomic E-state index is -4.75. The molecule has 0 spiro atoms. The molecule has 0 unspecified atom stereocenters. The molecule has 2 N–H and O–H groups in total. The van der Waals surface area contributed by atoms with Crippen molar-refractivity contribution in [2.75, 3.05) is 11.8 Å². The highest BCUT2D eigenvalue weighted by molar-refractivity contribution is 7.92. The van der Waals surface area contributed by atoms with Crippen LogP contribution in [0.25, 0.3) is 0 Å². The highest BCUT2D eigenvalue weighted by atomic mass is 32.2. The van der Waals surface area contributed by atoms with Crippen molar-refractivity contribution in [3.05, 3.63) is 53.6 Å². The number of carbonyl (C=O) groups is 1. The number of rotatable bonds is 5. The van der Waals surface area contributed by atoms with Crippen LogP contribution in [0, 0.1) is 0 Å². The summed E-state index contributed by atoms with van der Waals surface area (Å²) < 4.78 is 69.5. The lowest BCUT2D eigenvalue weighted by molar-refractivity contribution is -0.137. The van der Waals surface area contributed by atoms with E-state index in [2.05, 4.69) is 0 Å². The van der Waals surface area contributed by atoms with E-state index < -0.39 is 39.0 Å². The van der Waals surface area contributed by atoms with Crippen molar-refractivity contribution < 1.29 is 36.2 Å².